The summed E-state index contributed by atoms with van der Waals surface area (Å²) in [5.41, 5.74) is 0. The average Bonchev–Trinajstić information content (AvgIpc) is 2.78. The van der Waals surface area contributed by atoms with E-state index in [9.17, 15) is 0 Å². The Bertz CT molecular complexity index is 310. The summed E-state index contributed by atoms with van der Waals surface area (Å²) in [5, 5.41) is 4.34. The van der Waals surface area contributed by atoms with Crippen molar-refractivity contribution in [1.82, 2.24) is 0 Å². The molecule has 0 radical (unpaired) electrons. The third-order valence-corrected chi connectivity index (χ3v) is 8.56. The van der Waals surface area contributed by atoms with Gasteiger partial charge < -0.3 is 0 Å². The Kier molecular flexibility index (Phi) is 2.73. The lowest BCUT2D eigenvalue weighted by Gasteiger charge is -2.02. The number of hydrogen-bond acceptors (Lipinski definition) is 5. The number of allylic oxidation sites excluding steroid dienone is 1. The second kappa shape index (κ2) is 3.85. The lowest BCUT2D eigenvalue weighted by Crippen LogP contribution is -1.72. The van der Waals surface area contributed by atoms with Crippen molar-refractivity contribution in [3.63, 3.8) is 0 Å². The monoisotopic (exact) mass is 262 g/mol. The Morgan fingerprint density at radius 3 is 2.54 bits per heavy atom. The molecular formula is C8H6S5. The van der Waals surface area contributed by atoms with Gasteiger partial charge in [0, 0.05) is 10.7 Å². The predicted octanol–water partition coefficient (Wildman–Crippen LogP) is 4.85. The van der Waals surface area contributed by atoms with E-state index in [2.05, 4.69) is 10.8 Å². The third kappa shape index (κ3) is 1.74. The van der Waals surface area contributed by atoms with Gasteiger partial charge in [-0.2, -0.15) is 0 Å². The Hall–Kier alpha value is 0.970. The second-order valence-electron chi connectivity index (χ2n) is 2.60. The zero-order valence-electron chi connectivity index (χ0n) is 6.61. The molecule has 0 saturated carbocycles. The van der Waals surface area contributed by atoms with Gasteiger partial charge in [-0.05, 0) is 17.2 Å². The zero-order valence-corrected chi connectivity index (χ0v) is 10.7. The lowest BCUT2D eigenvalue weighted by atomic mass is 10.5. The van der Waals surface area contributed by atoms with Crippen LogP contribution < -0.4 is 0 Å². The minimum atomic E-state index is 1.29. The van der Waals surface area contributed by atoms with E-state index >= 15 is 0 Å². The van der Waals surface area contributed by atoms with E-state index < -0.39 is 0 Å². The van der Waals surface area contributed by atoms with Crippen molar-refractivity contribution >= 4 is 58.8 Å². The molecule has 3 aliphatic heterocycles. The fraction of sp³-hybridized carbons (Fsp3) is 0.250. The van der Waals surface area contributed by atoms with Gasteiger partial charge in [0.25, 0.3) is 0 Å². The summed E-state index contributed by atoms with van der Waals surface area (Å²) >= 11 is 9.73. The van der Waals surface area contributed by atoms with Gasteiger partial charge in [-0.15, -0.1) is 11.8 Å². The van der Waals surface area contributed by atoms with E-state index in [1.807, 2.05) is 58.8 Å². The van der Waals surface area contributed by atoms with Crippen LogP contribution in [0.1, 0.15) is 6.42 Å². The molecule has 0 atom stereocenters. The molecule has 3 heterocycles. The molecule has 0 spiro atoms. The van der Waals surface area contributed by atoms with Crippen LogP contribution in [0.25, 0.3) is 0 Å². The van der Waals surface area contributed by atoms with Gasteiger partial charge >= 0.3 is 0 Å². The van der Waals surface area contributed by atoms with Gasteiger partial charge in [-0.25, -0.2) is 0 Å². The van der Waals surface area contributed by atoms with Crippen LogP contribution >= 0.6 is 58.8 Å². The smallest absolute Gasteiger partial charge is 0.0708 e. The molecule has 5 heteroatoms. The first kappa shape index (κ1) is 9.21. The predicted molar refractivity (Wildman–Crippen MR) is 70.6 cm³/mol. The Morgan fingerprint density at radius 2 is 1.77 bits per heavy atom. The SMILES string of the molecule is C1=CSC(=C2SC3=C(SCC3)S2)S1. The van der Waals surface area contributed by atoms with Crippen LogP contribution in [-0.4, -0.2) is 5.75 Å². The summed E-state index contributed by atoms with van der Waals surface area (Å²) < 4.78 is 4.56. The number of rotatable bonds is 0. The molecule has 0 bridgehead atoms. The highest BCUT2D eigenvalue weighted by Crippen LogP contribution is 2.62. The summed E-state index contributed by atoms with van der Waals surface area (Å²) in [6, 6.07) is 0. The van der Waals surface area contributed by atoms with Crippen LogP contribution in [0.15, 0.2) is 28.4 Å². The molecule has 3 aliphatic rings. The van der Waals surface area contributed by atoms with E-state index in [-0.39, 0.29) is 0 Å². The van der Waals surface area contributed by atoms with Crippen LogP contribution in [0.5, 0.6) is 0 Å². The maximum atomic E-state index is 2.17. The topological polar surface area (TPSA) is 0 Å². The summed E-state index contributed by atoms with van der Waals surface area (Å²) in [5.74, 6) is 1.30. The summed E-state index contributed by atoms with van der Waals surface area (Å²) in [4.78, 5) is 1.62. The van der Waals surface area contributed by atoms with Gasteiger partial charge in [-0.3, -0.25) is 0 Å². The Labute approximate surface area is 98.8 Å². The fourth-order valence-corrected chi connectivity index (χ4v) is 7.83. The molecule has 0 amide bonds. The van der Waals surface area contributed by atoms with Gasteiger partial charge in [0.05, 0.1) is 12.7 Å². The van der Waals surface area contributed by atoms with Crippen molar-refractivity contribution in [2.45, 2.75) is 6.42 Å². The van der Waals surface area contributed by atoms with Crippen molar-refractivity contribution in [2.24, 2.45) is 0 Å². The molecule has 0 nitrogen and oxygen atoms in total. The van der Waals surface area contributed by atoms with Crippen LogP contribution in [0, 0.1) is 0 Å². The highest BCUT2D eigenvalue weighted by Gasteiger charge is 2.28. The molecule has 0 aliphatic carbocycles. The van der Waals surface area contributed by atoms with Crippen LogP contribution in [0.4, 0.5) is 0 Å². The van der Waals surface area contributed by atoms with E-state index in [0.29, 0.717) is 0 Å². The van der Waals surface area contributed by atoms with Gasteiger partial charge in [0.2, 0.25) is 0 Å². The number of hydrogen-bond donors (Lipinski definition) is 0. The first-order valence-corrected chi connectivity index (χ1v) is 8.25. The number of thioether (sulfide) groups is 5. The first-order chi connectivity index (χ1) is 6.43. The summed E-state index contributed by atoms with van der Waals surface area (Å²) in [7, 11) is 0. The molecule has 0 fully saturated rings. The quantitative estimate of drug-likeness (QED) is 0.610. The molecule has 0 N–H and O–H groups in total. The summed E-state index contributed by atoms with van der Waals surface area (Å²) in [6.07, 6.45) is 1.29. The average molecular weight is 262 g/mol. The molecule has 13 heavy (non-hydrogen) atoms. The maximum absolute atomic E-state index is 2.17. The van der Waals surface area contributed by atoms with Crippen molar-refractivity contribution in [2.75, 3.05) is 5.75 Å². The highest BCUT2D eigenvalue weighted by molar-refractivity contribution is 8.38. The Balaban J connectivity index is 1.82. The highest BCUT2D eigenvalue weighted by atomic mass is 32.2. The molecule has 3 rings (SSSR count). The van der Waals surface area contributed by atoms with Crippen LogP contribution in [0.3, 0.4) is 0 Å². The van der Waals surface area contributed by atoms with Gasteiger partial charge in [0.15, 0.2) is 0 Å². The molecule has 0 saturated heterocycles. The summed E-state index contributed by atoms with van der Waals surface area (Å²) in [6.45, 7) is 0. The van der Waals surface area contributed by atoms with E-state index in [0.717, 1.165) is 0 Å². The fourth-order valence-electron chi connectivity index (χ4n) is 1.20. The van der Waals surface area contributed by atoms with E-state index in [4.69, 9.17) is 0 Å². The van der Waals surface area contributed by atoms with E-state index in [1.54, 1.807) is 9.14 Å². The molecular weight excluding hydrogens is 256 g/mol. The lowest BCUT2D eigenvalue weighted by molar-refractivity contribution is 1.25. The van der Waals surface area contributed by atoms with Crippen molar-refractivity contribution in [3.8, 4) is 0 Å². The maximum Gasteiger partial charge on any atom is 0.0708 e. The largest absolute Gasteiger partial charge is 0.118 e. The second-order valence-corrected chi connectivity index (χ2v) is 8.43. The molecule has 0 aromatic carbocycles. The van der Waals surface area contributed by atoms with Crippen molar-refractivity contribution in [1.29, 1.82) is 0 Å². The van der Waals surface area contributed by atoms with Crippen molar-refractivity contribution < 1.29 is 0 Å². The van der Waals surface area contributed by atoms with Crippen molar-refractivity contribution in [3.05, 3.63) is 28.4 Å². The zero-order chi connectivity index (χ0) is 8.67. The minimum absolute atomic E-state index is 1.29. The van der Waals surface area contributed by atoms with Gasteiger partial charge in [0.1, 0.15) is 0 Å². The minimum Gasteiger partial charge on any atom is -0.118 e. The molecule has 0 unspecified atom stereocenters. The molecule has 0 aromatic rings. The Morgan fingerprint density at radius 1 is 0.923 bits per heavy atom. The standard InChI is InChI=1S/C8H6S5/c1-2-9-6-5(1)12-8(13-6)7-10-3-4-11-7/h3-4H,1-2H2. The molecule has 0 aromatic heterocycles. The van der Waals surface area contributed by atoms with Gasteiger partial charge in [-0.1, -0.05) is 47.0 Å². The normalized spacial score (nSPS) is 26.5. The van der Waals surface area contributed by atoms with E-state index in [1.165, 1.54) is 20.6 Å². The molecule has 68 valence electrons. The van der Waals surface area contributed by atoms with Crippen LogP contribution in [0.2, 0.25) is 0 Å². The first-order valence-electron chi connectivity index (χ1n) is 3.88. The third-order valence-electron chi connectivity index (χ3n) is 1.76. The van der Waals surface area contributed by atoms with Crippen LogP contribution in [-0.2, 0) is 0 Å².